The smallest absolute Gasteiger partial charge is 0.252 e. The highest BCUT2D eigenvalue weighted by Gasteiger charge is 2.27. The van der Waals surface area contributed by atoms with E-state index in [-0.39, 0.29) is 11.9 Å². The minimum absolute atomic E-state index is 0.00679. The monoisotopic (exact) mass is 433 g/mol. The van der Waals surface area contributed by atoms with Gasteiger partial charge in [-0.1, -0.05) is 24.3 Å². The Balaban J connectivity index is 1.46. The molecule has 5 nitrogen and oxygen atoms in total. The average Bonchev–Trinajstić information content (AvgIpc) is 3.47. The van der Waals surface area contributed by atoms with E-state index in [4.69, 9.17) is 9.72 Å². The van der Waals surface area contributed by atoms with Crippen LogP contribution in [0.4, 0.5) is 0 Å². The third-order valence-corrected chi connectivity index (χ3v) is 7.07. The summed E-state index contributed by atoms with van der Waals surface area (Å²) in [4.78, 5) is 22.0. The number of para-hydroxylation sites is 1. The highest BCUT2D eigenvalue weighted by Crippen LogP contribution is 2.37. The number of aromatic nitrogens is 1. The molecule has 1 unspecified atom stereocenters. The number of nitrogens with zero attached hydrogens (tertiary/aromatic N) is 2. The number of allylic oxidation sites excluding steroid dienone is 1. The van der Waals surface area contributed by atoms with Gasteiger partial charge in [-0.3, -0.25) is 9.69 Å². The zero-order chi connectivity index (χ0) is 21.2. The molecule has 1 fully saturated rings. The van der Waals surface area contributed by atoms with Crippen LogP contribution in [0.15, 0.2) is 41.8 Å². The molecule has 3 aromatic rings. The van der Waals surface area contributed by atoms with Gasteiger partial charge in [0.05, 0.1) is 30.0 Å². The Morgan fingerprint density at radius 3 is 2.87 bits per heavy atom. The molecule has 5 rings (SSSR count). The summed E-state index contributed by atoms with van der Waals surface area (Å²) in [7, 11) is 0. The summed E-state index contributed by atoms with van der Waals surface area (Å²) in [5, 5.41) is 6.24. The number of amides is 1. The molecule has 2 aromatic heterocycles. The quantitative estimate of drug-likeness (QED) is 0.654. The molecule has 31 heavy (non-hydrogen) atoms. The van der Waals surface area contributed by atoms with Gasteiger partial charge in [-0.2, -0.15) is 0 Å². The number of pyridine rings is 1. The van der Waals surface area contributed by atoms with E-state index in [2.05, 4.69) is 40.7 Å². The lowest BCUT2D eigenvalue weighted by molar-refractivity contribution is 0.0204. The lowest BCUT2D eigenvalue weighted by Gasteiger charge is -2.32. The van der Waals surface area contributed by atoms with Crippen molar-refractivity contribution in [3.63, 3.8) is 0 Å². The van der Waals surface area contributed by atoms with Gasteiger partial charge in [0.25, 0.3) is 5.91 Å². The van der Waals surface area contributed by atoms with Crippen LogP contribution in [0.2, 0.25) is 0 Å². The molecule has 3 heterocycles. The molecule has 0 bridgehead atoms. The number of carbonyl (C=O) groups excluding carboxylic acids is 1. The molecule has 0 spiro atoms. The number of carbonyl (C=O) groups is 1. The maximum Gasteiger partial charge on any atom is 0.252 e. The first-order valence-electron chi connectivity index (χ1n) is 11.0. The van der Waals surface area contributed by atoms with E-state index in [1.54, 1.807) is 11.3 Å². The molecule has 1 aliphatic heterocycles. The first kappa shape index (κ1) is 20.4. The van der Waals surface area contributed by atoms with Crippen LogP contribution in [0, 0.1) is 0 Å². The van der Waals surface area contributed by atoms with E-state index >= 15 is 0 Å². The van der Waals surface area contributed by atoms with Crippen LogP contribution in [0.1, 0.15) is 39.8 Å². The molecule has 6 heteroatoms. The Kier molecular flexibility index (Phi) is 5.85. The predicted molar refractivity (Wildman–Crippen MR) is 126 cm³/mol. The van der Waals surface area contributed by atoms with Gasteiger partial charge in [0.1, 0.15) is 0 Å². The van der Waals surface area contributed by atoms with Gasteiger partial charge < -0.3 is 10.1 Å². The highest BCUT2D eigenvalue weighted by molar-refractivity contribution is 7.10. The van der Waals surface area contributed by atoms with E-state index in [1.165, 1.54) is 10.5 Å². The van der Waals surface area contributed by atoms with Crippen LogP contribution in [0.25, 0.3) is 22.6 Å². The maximum absolute atomic E-state index is 13.4. The lowest BCUT2D eigenvalue weighted by atomic mass is 10.00. The fourth-order valence-electron chi connectivity index (χ4n) is 4.56. The largest absolute Gasteiger partial charge is 0.379 e. The molecule has 1 amide bonds. The first-order valence-corrected chi connectivity index (χ1v) is 11.8. The molecule has 1 saturated heterocycles. The number of hydrogen-bond donors (Lipinski definition) is 1. The second kappa shape index (κ2) is 8.91. The number of thiophene rings is 1. The third kappa shape index (κ3) is 4.15. The van der Waals surface area contributed by atoms with Crippen molar-refractivity contribution >= 4 is 39.8 Å². The molecule has 0 saturated carbocycles. The number of nitrogens with one attached hydrogen (secondary N) is 1. The molecular weight excluding hydrogens is 406 g/mol. The fourth-order valence-corrected chi connectivity index (χ4v) is 5.24. The fraction of sp³-hybridized carbons (Fsp3) is 0.360. The van der Waals surface area contributed by atoms with Gasteiger partial charge >= 0.3 is 0 Å². The van der Waals surface area contributed by atoms with Crippen molar-refractivity contribution in [1.29, 1.82) is 0 Å². The molecule has 1 atom stereocenters. The lowest BCUT2D eigenvalue weighted by Crippen LogP contribution is -2.47. The summed E-state index contributed by atoms with van der Waals surface area (Å²) in [5.41, 5.74) is 4.96. The van der Waals surface area contributed by atoms with Crippen LogP contribution in [-0.2, 0) is 11.2 Å². The van der Waals surface area contributed by atoms with Crippen LogP contribution < -0.4 is 5.32 Å². The number of rotatable bonds is 5. The average molecular weight is 434 g/mol. The van der Waals surface area contributed by atoms with Crippen molar-refractivity contribution in [2.75, 3.05) is 32.8 Å². The first-order chi connectivity index (χ1) is 15.2. The zero-order valence-corrected chi connectivity index (χ0v) is 18.6. The maximum atomic E-state index is 13.4. The van der Waals surface area contributed by atoms with Crippen molar-refractivity contribution in [2.24, 2.45) is 0 Å². The Labute approximate surface area is 186 Å². The third-order valence-electron chi connectivity index (χ3n) is 6.26. The van der Waals surface area contributed by atoms with E-state index in [9.17, 15) is 4.79 Å². The summed E-state index contributed by atoms with van der Waals surface area (Å²) >= 11 is 1.73. The van der Waals surface area contributed by atoms with Crippen molar-refractivity contribution < 1.29 is 9.53 Å². The molecule has 0 radical (unpaired) electrons. The van der Waals surface area contributed by atoms with E-state index in [0.717, 1.165) is 66.9 Å². The van der Waals surface area contributed by atoms with Gasteiger partial charge in [-0.05, 0) is 54.5 Å². The SMILES string of the molecule is CC(CNC(=O)c1c2c(nc3ccccc13)/C(=C/c1cccs1)CC2)N1CCOCC1. The molecule has 160 valence electrons. The Morgan fingerprint density at radius 2 is 2.06 bits per heavy atom. The number of fused-ring (bicyclic) bond motifs is 2. The molecule has 1 aromatic carbocycles. The van der Waals surface area contributed by atoms with Crippen molar-refractivity contribution in [1.82, 2.24) is 15.2 Å². The van der Waals surface area contributed by atoms with Gasteiger partial charge in [-0.25, -0.2) is 4.98 Å². The summed E-state index contributed by atoms with van der Waals surface area (Å²) in [6.45, 7) is 6.16. The Morgan fingerprint density at radius 1 is 1.23 bits per heavy atom. The molecule has 1 N–H and O–H groups in total. The van der Waals surface area contributed by atoms with Gasteiger partial charge in [0.2, 0.25) is 0 Å². The summed E-state index contributed by atoms with van der Waals surface area (Å²) in [5.74, 6) is 0.00679. The van der Waals surface area contributed by atoms with Gasteiger partial charge in [0.15, 0.2) is 0 Å². The van der Waals surface area contributed by atoms with E-state index < -0.39 is 0 Å². The zero-order valence-electron chi connectivity index (χ0n) is 17.8. The van der Waals surface area contributed by atoms with E-state index in [0.29, 0.717) is 6.54 Å². The second-order valence-electron chi connectivity index (χ2n) is 8.22. The van der Waals surface area contributed by atoms with Crippen LogP contribution in [0.5, 0.6) is 0 Å². The normalized spacial score (nSPS) is 18.9. The number of benzene rings is 1. The van der Waals surface area contributed by atoms with Crippen molar-refractivity contribution in [3.05, 3.63) is 63.5 Å². The van der Waals surface area contributed by atoms with Crippen molar-refractivity contribution in [2.45, 2.75) is 25.8 Å². The minimum atomic E-state index is 0.00679. The van der Waals surface area contributed by atoms with E-state index in [1.807, 2.05) is 24.3 Å². The molecule has 2 aliphatic rings. The number of morpholine rings is 1. The summed E-state index contributed by atoms with van der Waals surface area (Å²) in [6, 6.07) is 12.5. The van der Waals surface area contributed by atoms with Crippen molar-refractivity contribution in [3.8, 4) is 0 Å². The summed E-state index contributed by atoms with van der Waals surface area (Å²) in [6.07, 6.45) is 3.99. The topological polar surface area (TPSA) is 54.5 Å². The summed E-state index contributed by atoms with van der Waals surface area (Å²) < 4.78 is 5.45. The van der Waals surface area contributed by atoms with Gasteiger partial charge in [-0.15, -0.1) is 11.3 Å². The standard InChI is InChI=1S/C25H27N3O2S/c1-17(28-10-12-30-13-11-28)16-26-25(29)23-20-6-2-3-7-22(20)27-24-18(8-9-21(23)24)15-19-5-4-14-31-19/h2-7,14-15,17H,8-13,16H2,1H3,(H,26,29)/b18-15+. The number of hydrogen-bond acceptors (Lipinski definition) is 5. The second-order valence-corrected chi connectivity index (χ2v) is 9.20. The Hall–Kier alpha value is -2.54. The highest BCUT2D eigenvalue weighted by atomic mass is 32.1. The minimum Gasteiger partial charge on any atom is -0.379 e. The van der Waals surface area contributed by atoms with Crippen LogP contribution >= 0.6 is 11.3 Å². The predicted octanol–water partition coefficient (Wildman–Crippen LogP) is 4.23. The van der Waals surface area contributed by atoms with Gasteiger partial charge in [0, 0.05) is 35.9 Å². The molecular formula is C25H27N3O2S. The molecule has 1 aliphatic carbocycles. The number of ether oxygens (including phenoxy) is 1. The van der Waals surface area contributed by atoms with Crippen LogP contribution in [0.3, 0.4) is 0 Å². The van der Waals surface area contributed by atoms with Crippen LogP contribution in [-0.4, -0.2) is 54.7 Å². The Bertz CT molecular complexity index is 1120.